The van der Waals surface area contributed by atoms with Gasteiger partial charge in [-0.05, 0) is 73.9 Å². The largest absolute Gasteiger partial charge is 0.484 e. The molecule has 0 unspecified atom stereocenters. The minimum Gasteiger partial charge on any atom is -0.484 e. The quantitative estimate of drug-likeness (QED) is 0.498. The summed E-state index contributed by atoms with van der Waals surface area (Å²) < 4.78 is 5.60. The van der Waals surface area contributed by atoms with Crippen LogP contribution in [0.3, 0.4) is 0 Å². The summed E-state index contributed by atoms with van der Waals surface area (Å²) in [6, 6.07) is 20.7. The fourth-order valence-corrected chi connectivity index (χ4v) is 4.06. The van der Waals surface area contributed by atoms with E-state index in [1.165, 1.54) is 5.56 Å². The zero-order chi connectivity index (χ0) is 25.7. The van der Waals surface area contributed by atoms with Gasteiger partial charge in [-0.2, -0.15) is 0 Å². The second-order valence-electron chi connectivity index (χ2n) is 9.24. The second kappa shape index (κ2) is 11.1. The number of nitrogens with one attached hydrogen (secondary N) is 2. The first-order chi connectivity index (χ1) is 17.3. The molecule has 7 heteroatoms. The third-order valence-corrected chi connectivity index (χ3v) is 6.39. The van der Waals surface area contributed by atoms with E-state index in [2.05, 4.69) is 10.6 Å². The standard InChI is InChI=1S/C29H31N3O4/c1-19-4-7-22(8-5-19)16-30-29(35)23-15-28(34)32(17-23)25-10-12-26(13-11-25)36-18-27(33)31-24-9-6-20(2)21(3)14-24/h4-14,23H,15-18H2,1-3H3,(H,30,35)(H,31,33)/t23-/m1/s1. The summed E-state index contributed by atoms with van der Waals surface area (Å²) in [6.45, 7) is 6.67. The number of benzene rings is 3. The molecular formula is C29H31N3O4. The highest BCUT2D eigenvalue weighted by atomic mass is 16.5. The molecule has 36 heavy (non-hydrogen) atoms. The maximum atomic E-state index is 12.6. The van der Waals surface area contributed by atoms with E-state index in [4.69, 9.17) is 4.74 Å². The van der Waals surface area contributed by atoms with Gasteiger partial charge >= 0.3 is 0 Å². The van der Waals surface area contributed by atoms with E-state index in [0.29, 0.717) is 24.5 Å². The molecule has 1 fully saturated rings. The van der Waals surface area contributed by atoms with Crippen LogP contribution in [0.4, 0.5) is 11.4 Å². The van der Waals surface area contributed by atoms with Crippen LogP contribution in [0, 0.1) is 26.7 Å². The van der Waals surface area contributed by atoms with Crippen molar-refractivity contribution in [3.63, 3.8) is 0 Å². The molecule has 4 rings (SSSR count). The van der Waals surface area contributed by atoms with Crippen molar-refractivity contribution in [1.82, 2.24) is 5.32 Å². The number of hydrogen-bond acceptors (Lipinski definition) is 4. The van der Waals surface area contributed by atoms with Crippen LogP contribution in [0.2, 0.25) is 0 Å². The van der Waals surface area contributed by atoms with Gasteiger partial charge in [0.25, 0.3) is 5.91 Å². The molecule has 3 aromatic rings. The highest BCUT2D eigenvalue weighted by molar-refractivity contribution is 6.00. The Kier molecular flexibility index (Phi) is 7.68. The predicted molar refractivity (Wildman–Crippen MR) is 140 cm³/mol. The van der Waals surface area contributed by atoms with Crippen molar-refractivity contribution in [2.45, 2.75) is 33.7 Å². The number of nitrogens with zero attached hydrogens (tertiary/aromatic N) is 1. The van der Waals surface area contributed by atoms with Crippen molar-refractivity contribution in [1.29, 1.82) is 0 Å². The van der Waals surface area contributed by atoms with E-state index in [9.17, 15) is 14.4 Å². The Morgan fingerprint density at radius 2 is 1.67 bits per heavy atom. The molecule has 0 bridgehead atoms. The van der Waals surface area contributed by atoms with Crippen LogP contribution >= 0.6 is 0 Å². The van der Waals surface area contributed by atoms with Gasteiger partial charge in [0, 0.05) is 30.9 Å². The van der Waals surface area contributed by atoms with Crippen molar-refractivity contribution >= 4 is 29.1 Å². The lowest BCUT2D eigenvalue weighted by Crippen LogP contribution is -2.32. The first kappa shape index (κ1) is 25.0. The smallest absolute Gasteiger partial charge is 0.262 e. The number of ether oxygens (including phenoxy) is 1. The molecule has 0 aromatic heterocycles. The molecule has 3 aromatic carbocycles. The number of amides is 3. The van der Waals surface area contributed by atoms with Crippen molar-refractivity contribution in [3.8, 4) is 5.75 Å². The van der Waals surface area contributed by atoms with Gasteiger partial charge in [-0.25, -0.2) is 0 Å². The van der Waals surface area contributed by atoms with E-state index in [-0.39, 0.29) is 30.7 Å². The minimum absolute atomic E-state index is 0.0908. The first-order valence-electron chi connectivity index (χ1n) is 12.0. The van der Waals surface area contributed by atoms with Gasteiger partial charge in [0.1, 0.15) is 5.75 Å². The molecule has 1 atom stereocenters. The average Bonchev–Trinajstić information content (AvgIpc) is 3.26. The van der Waals surface area contributed by atoms with Crippen molar-refractivity contribution < 1.29 is 19.1 Å². The summed E-state index contributed by atoms with van der Waals surface area (Å²) in [6.07, 6.45) is 0.177. The van der Waals surface area contributed by atoms with Gasteiger partial charge < -0.3 is 20.3 Å². The van der Waals surface area contributed by atoms with Gasteiger partial charge in [0.2, 0.25) is 11.8 Å². The van der Waals surface area contributed by atoms with E-state index in [1.54, 1.807) is 29.2 Å². The Morgan fingerprint density at radius 3 is 2.36 bits per heavy atom. The molecule has 0 radical (unpaired) electrons. The van der Waals surface area contributed by atoms with E-state index < -0.39 is 5.92 Å². The zero-order valence-corrected chi connectivity index (χ0v) is 20.8. The van der Waals surface area contributed by atoms with Crippen LogP contribution in [-0.2, 0) is 20.9 Å². The van der Waals surface area contributed by atoms with Crippen LogP contribution in [0.5, 0.6) is 5.75 Å². The number of hydrogen-bond donors (Lipinski definition) is 2. The van der Waals surface area contributed by atoms with Crippen LogP contribution in [0.25, 0.3) is 0 Å². The lowest BCUT2D eigenvalue weighted by molar-refractivity contribution is -0.126. The molecule has 1 aliphatic heterocycles. The van der Waals surface area contributed by atoms with Crippen molar-refractivity contribution in [2.24, 2.45) is 5.92 Å². The number of aryl methyl sites for hydroxylation is 3. The number of carbonyl (C=O) groups excluding carboxylic acids is 3. The van der Waals surface area contributed by atoms with Crippen LogP contribution < -0.4 is 20.3 Å². The van der Waals surface area contributed by atoms with Gasteiger partial charge in [0.05, 0.1) is 5.92 Å². The van der Waals surface area contributed by atoms with Crippen molar-refractivity contribution in [3.05, 3.63) is 89.0 Å². The van der Waals surface area contributed by atoms with E-state index in [1.807, 2.05) is 63.2 Å². The van der Waals surface area contributed by atoms with Crippen molar-refractivity contribution in [2.75, 3.05) is 23.4 Å². The molecule has 186 valence electrons. The summed E-state index contributed by atoms with van der Waals surface area (Å²) in [7, 11) is 0. The fraction of sp³-hybridized carbons (Fsp3) is 0.276. The Bertz CT molecular complexity index is 1250. The third-order valence-electron chi connectivity index (χ3n) is 6.39. The Hall–Kier alpha value is -4.13. The van der Waals surface area contributed by atoms with Crippen LogP contribution in [0.15, 0.2) is 66.7 Å². The Balaban J connectivity index is 1.26. The topological polar surface area (TPSA) is 87.7 Å². The third kappa shape index (κ3) is 6.30. The fourth-order valence-electron chi connectivity index (χ4n) is 4.06. The summed E-state index contributed by atoms with van der Waals surface area (Å²) in [5.74, 6) is -0.342. The average molecular weight is 486 g/mol. The zero-order valence-electron chi connectivity index (χ0n) is 20.8. The molecule has 3 amide bonds. The Labute approximate surface area is 211 Å². The molecular weight excluding hydrogens is 454 g/mol. The molecule has 1 saturated heterocycles. The van der Waals surface area contributed by atoms with Gasteiger partial charge in [-0.15, -0.1) is 0 Å². The van der Waals surface area contributed by atoms with Crippen LogP contribution in [0.1, 0.15) is 28.7 Å². The molecule has 1 heterocycles. The lowest BCUT2D eigenvalue weighted by atomic mass is 10.1. The maximum absolute atomic E-state index is 12.6. The molecule has 0 spiro atoms. The van der Waals surface area contributed by atoms with E-state index >= 15 is 0 Å². The van der Waals surface area contributed by atoms with Gasteiger partial charge in [-0.1, -0.05) is 35.9 Å². The molecule has 0 aliphatic carbocycles. The van der Waals surface area contributed by atoms with E-state index in [0.717, 1.165) is 22.4 Å². The number of rotatable bonds is 8. The Morgan fingerprint density at radius 1 is 0.944 bits per heavy atom. The molecule has 7 nitrogen and oxygen atoms in total. The predicted octanol–water partition coefficient (Wildman–Crippen LogP) is 4.30. The summed E-state index contributed by atoms with van der Waals surface area (Å²) >= 11 is 0. The number of carbonyl (C=O) groups is 3. The SMILES string of the molecule is Cc1ccc(CNC(=O)[C@@H]2CC(=O)N(c3ccc(OCC(=O)Nc4ccc(C)c(C)c4)cc3)C2)cc1. The highest BCUT2D eigenvalue weighted by Gasteiger charge is 2.35. The highest BCUT2D eigenvalue weighted by Crippen LogP contribution is 2.27. The maximum Gasteiger partial charge on any atom is 0.262 e. The second-order valence-corrected chi connectivity index (χ2v) is 9.24. The summed E-state index contributed by atoms with van der Waals surface area (Å²) in [5, 5.41) is 5.76. The first-order valence-corrected chi connectivity index (χ1v) is 12.0. The lowest BCUT2D eigenvalue weighted by Gasteiger charge is -2.17. The molecule has 1 aliphatic rings. The number of anilines is 2. The minimum atomic E-state index is -0.395. The monoisotopic (exact) mass is 485 g/mol. The normalized spacial score (nSPS) is 15.0. The van der Waals surface area contributed by atoms with Gasteiger partial charge in [0.15, 0.2) is 6.61 Å². The van der Waals surface area contributed by atoms with Gasteiger partial charge in [-0.3, -0.25) is 14.4 Å². The van der Waals surface area contributed by atoms with Crippen LogP contribution in [-0.4, -0.2) is 30.9 Å². The summed E-state index contributed by atoms with van der Waals surface area (Å²) in [4.78, 5) is 39.1. The molecule has 2 N–H and O–H groups in total. The summed E-state index contributed by atoms with van der Waals surface area (Å²) in [5.41, 5.74) is 5.88. The molecule has 0 saturated carbocycles.